The van der Waals surface area contributed by atoms with E-state index in [1.54, 1.807) is 0 Å². The first-order valence-corrected chi connectivity index (χ1v) is 6.84. The minimum Gasteiger partial charge on any atom is -0.870 e. The monoisotopic (exact) mass is 265 g/mol. The van der Waals surface area contributed by atoms with Crippen molar-refractivity contribution in [3.05, 3.63) is 0 Å². The van der Waals surface area contributed by atoms with Crippen LogP contribution >= 0.6 is 0 Å². The van der Waals surface area contributed by atoms with E-state index in [1.165, 1.54) is 0 Å². The van der Waals surface area contributed by atoms with E-state index in [1.807, 2.05) is 0 Å². The van der Waals surface area contributed by atoms with E-state index in [0.29, 0.717) is 0 Å². The van der Waals surface area contributed by atoms with Crippen molar-refractivity contribution in [1.29, 1.82) is 0 Å². The molecule has 0 radical (unpaired) electrons. The Balaban J connectivity index is 0. The minimum atomic E-state index is 0. The van der Waals surface area contributed by atoms with Gasteiger partial charge in [0.05, 0.1) is 26.7 Å². The summed E-state index contributed by atoms with van der Waals surface area (Å²) >= 11 is 0. The zero-order valence-electron chi connectivity index (χ0n) is 11.7. The zero-order chi connectivity index (χ0) is 13.0. The van der Waals surface area contributed by atoms with Crippen molar-refractivity contribution < 1.29 is 25.3 Å². The molecule has 18 heavy (non-hydrogen) atoms. The van der Waals surface area contributed by atoms with E-state index in [-0.39, 0.29) is 25.3 Å². The van der Waals surface area contributed by atoms with E-state index in [0.717, 1.165) is 62.6 Å². The fourth-order valence-corrected chi connectivity index (χ4v) is 2.15. The van der Waals surface area contributed by atoms with Gasteiger partial charge in [-0.25, -0.2) is 0 Å². The highest BCUT2D eigenvalue weighted by Gasteiger charge is 2.19. The van der Waals surface area contributed by atoms with Gasteiger partial charge in [-0.1, -0.05) is 0 Å². The third-order valence-electron chi connectivity index (χ3n) is 3.32. The second-order valence-corrected chi connectivity index (χ2v) is 5.08. The Morgan fingerprint density at radius 2 is 0.889 bits per heavy atom. The van der Waals surface area contributed by atoms with Gasteiger partial charge in [0.1, 0.15) is 0 Å². The largest absolute Gasteiger partial charge is 0.870 e. The average Bonchev–Trinajstić information content (AvgIpc) is 2.30. The number of quaternary nitrogens is 1. The third-order valence-corrected chi connectivity index (χ3v) is 3.32. The molecule has 0 aliphatic carbocycles. The van der Waals surface area contributed by atoms with Crippen LogP contribution in [-0.2, 0) is 0 Å². The van der Waals surface area contributed by atoms with Crippen LogP contribution in [0.5, 0.6) is 0 Å². The summed E-state index contributed by atoms with van der Waals surface area (Å²) in [5, 5.41) is 26.5. The van der Waals surface area contributed by atoms with Crippen molar-refractivity contribution in [3.63, 3.8) is 0 Å². The molecule has 0 aromatic rings. The molecular formula is C13H31NO4. The van der Waals surface area contributed by atoms with Gasteiger partial charge in [0.2, 0.25) is 0 Å². The Bertz CT molecular complexity index is 141. The number of aliphatic hydroxyl groups excluding tert-OH is 3. The molecule has 0 aliphatic heterocycles. The van der Waals surface area contributed by atoms with Crippen molar-refractivity contribution in [2.45, 2.75) is 38.5 Å². The quantitative estimate of drug-likeness (QED) is 0.355. The Kier molecular flexibility index (Phi) is 14.8. The summed E-state index contributed by atoms with van der Waals surface area (Å²) in [5.41, 5.74) is 0. The van der Waals surface area contributed by atoms with E-state index >= 15 is 0 Å². The Hall–Kier alpha value is -0.200. The molecule has 0 unspecified atom stereocenters. The van der Waals surface area contributed by atoms with Crippen molar-refractivity contribution >= 4 is 0 Å². The lowest BCUT2D eigenvalue weighted by atomic mass is 10.2. The first kappa shape index (κ1) is 20.1. The standard InChI is InChI=1S/C13H30NO3.H2O/c1-14(8-2-5-11-15,9-3-6-12-16)10-4-7-13-17;/h15-17H,2-13H2,1H3;1H2/q+1;/p-1. The summed E-state index contributed by atoms with van der Waals surface area (Å²) in [6.07, 6.45) is 5.75. The molecule has 0 amide bonds. The van der Waals surface area contributed by atoms with Crippen LogP contribution in [0.25, 0.3) is 0 Å². The molecule has 0 atom stereocenters. The molecule has 0 saturated carbocycles. The van der Waals surface area contributed by atoms with Crippen molar-refractivity contribution in [2.24, 2.45) is 0 Å². The predicted octanol–water partition coefficient (Wildman–Crippen LogP) is 0.574. The molecule has 0 spiro atoms. The second kappa shape index (κ2) is 13.2. The molecule has 4 N–H and O–H groups in total. The Morgan fingerprint density at radius 1 is 0.611 bits per heavy atom. The molecule has 0 saturated heterocycles. The topological polar surface area (TPSA) is 90.7 Å². The van der Waals surface area contributed by atoms with Crippen LogP contribution in [0.2, 0.25) is 0 Å². The van der Waals surface area contributed by atoms with Gasteiger partial charge in [-0.2, -0.15) is 0 Å². The summed E-state index contributed by atoms with van der Waals surface area (Å²) in [6.45, 7) is 4.06. The van der Waals surface area contributed by atoms with Gasteiger partial charge in [0.25, 0.3) is 0 Å². The van der Waals surface area contributed by atoms with Crippen LogP contribution in [0.1, 0.15) is 38.5 Å². The first-order valence-electron chi connectivity index (χ1n) is 6.84. The lowest BCUT2D eigenvalue weighted by Crippen LogP contribution is -2.46. The Morgan fingerprint density at radius 3 is 1.11 bits per heavy atom. The number of hydrogen-bond acceptors (Lipinski definition) is 4. The van der Waals surface area contributed by atoms with Gasteiger partial charge >= 0.3 is 0 Å². The molecule has 112 valence electrons. The highest BCUT2D eigenvalue weighted by atomic mass is 16.3. The van der Waals surface area contributed by atoms with E-state index < -0.39 is 0 Å². The van der Waals surface area contributed by atoms with E-state index in [4.69, 9.17) is 15.3 Å². The number of rotatable bonds is 12. The molecule has 0 bridgehead atoms. The average molecular weight is 265 g/mol. The molecule has 0 aromatic heterocycles. The van der Waals surface area contributed by atoms with Gasteiger partial charge in [0, 0.05) is 19.8 Å². The summed E-state index contributed by atoms with van der Waals surface area (Å²) < 4.78 is 1.00. The van der Waals surface area contributed by atoms with E-state index in [2.05, 4.69) is 7.05 Å². The van der Waals surface area contributed by atoms with Crippen LogP contribution in [0.4, 0.5) is 0 Å². The summed E-state index contributed by atoms with van der Waals surface area (Å²) in [6, 6.07) is 0. The van der Waals surface area contributed by atoms with Gasteiger partial charge in [-0.05, 0) is 38.5 Å². The Labute approximate surface area is 111 Å². The zero-order valence-corrected chi connectivity index (χ0v) is 11.7. The van der Waals surface area contributed by atoms with Crippen LogP contribution < -0.4 is 0 Å². The molecular weight excluding hydrogens is 234 g/mol. The normalized spacial score (nSPS) is 11.3. The molecule has 5 heteroatoms. The summed E-state index contributed by atoms with van der Waals surface area (Å²) in [4.78, 5) is 0. The molecule has 0 aromatic carbocycles. The fourth-order valence-electron chi connectivity index (χ4n) is 2.15. The summed E-state index contributed by atoms with van der Waals surface area (Å²) in [5.74, 6) is 0. The van der Waals surface area contributed by atoms with Crippen LogP contribution in [0.3, 0.4) is 0 Å². The van der Waals surface area contributed by atoms with Crippen molar-refractivity contribution in [2.75, 3.05) is 46.5 Å². The maximum Gasteiger partial charge on any atom is 0.0785 e. The minimum absolute atomic E-state index is 0. The van der Waals surface area contributed by atoms with Crippen LogP contribution in [0.15, 0.2) is 0 Å². The van der Waals surface area contributed by atoms with Crippen LogP contribution in [-0.4, -0.2) is 71.8 Å². The second-order valence-electron chi connectivity index (χ2n) is 5.08. The summed E-state index contributed by atoms with van der Waals surface area (Å²) in [7, 11) is 2.24. The van der Waals surface area contributed by atoms with Gasteiger partial charge in [0.15, 0.2) is 0 Å². The van der Waals surface area contributed by atoms with Crippen molar-refractivity contribution in [3.8, 4) is 0 Å². The van der Waals surface area contributed by atoms with Crippen LogP contribution in [0, 0.1) is 0 Å². The third kappa shape index (κ3) is 10.9. The maximum absolute atomic E-state index is 8.82. The number of unbranched alkanes of at least 4 members (excludes halogenated alkanes) is 3. The number of nitrogens with zero attached hydrogens (tertiary/aromatic N) is 1. The maximum atomic E-state index is 8.82. The highest BCUT2D eigenvalue weighted by Crippen LogP contribution is 2.11. The fraction of sp³-hybridized carbons (Fsp3) is 1.00. The molecule has 0 fully saturated rings. The molecule has 0 heterocycles. The van der Waals surface area contributed by atoms with E-state index in [9.17, 15) is 0 Å². The number of hydrogen-bond donors (Lipinski definition) is 3. The smallest absolute Gasteiger partial charge is 0.0785 e. The molecule has 0 aliphatic rings. The molecule has 0 rings (SSSR count). The lowest BCUT2D eigenvalue weighted by Gasteiger charge is -2.35. The number of aliphatic hydroxyl groups is 3. The SMILES string of the molecule is C[N+](CCCCO)(CCCCO)CCCCO.[OH-]. The first-order chi connectivity index (χ1) is 8.18. The van der Waals surface area contributed by atoms with Crippen molar-refractivity contribution in [1.82, 2.24) is 0 Å². The van der Waals surface area contributed by atoms with Gasteiger partial charge in [-0.15, -0.1) is 0 Å². The lowest BCUT2D eigenvalue weighted by molar-refractivity contribution is -0.910. The van der Waals surface area contributed by atoms with Gasteiger partial charge in [-0.3, -0.25) is 0 Å². The molecule has 5 nitrogen and oxygen atoms in total. The predicted molar refractivity (Wildman–Crippen MR) is 71.7 cm³/mol. The van der Waals surface area contributed by atoms with Gasteiger partial charge < -0.3 is 25.3 Å². The highest BCUT2D eigenvalue weighted by molar-refractivity contribution is 4.47.